The van der Waals surface area contributed by atoms with E-state index in [2.05, 4.69) is 0 Å². The van der Waals surface area contributed by atoms with E-state index >= 15 is 0 Å². The SMILES string of the molecule is Cc1ccc(S(=O)(=O)N(Cc2c(F)cccc2Cl)c2cccc(C)c2C)cc1. The maximum absolute atomic E-state index is 14.4. The van der Waals surface area contributed by atoms with Crippen LogP contribution in [0.15, 0.2) is 65.6 Å². The van der Waals surface area contributed by atoms with Crippen LogP contribution in [0.25, 0.3) is 0 Å². The topological polar surface area (TPSA) is 37.4 Å². The molecule has 0 atom stereocenters. The summed E-state index contributed by atoms with van der Waals surface area (Å²) in [5, 5.41) is 0.189. The van der Waals surface area contributed by atoms with Crippen LogP contribution in [0.2, 0.25) is 5.02 Å². The first-order chi connectivity index (χ1) is 13.2. The lowest BCUT2D eigenvalue weighted by Crippen LogP contribution is -2.31. The van der Waals surface area contributed by atoms with Crippen LogP contribution in [0.3, 0.4) is 0 Å². The Morgan fingerprint density at radius 2 is 1.57 bits per heavy atom. The fourth-order valence-corrected chi connectivity index (χ4v) is 4.68. The van der Waals surface area contributed by atoms with E-state index in [1.165, 1.54) is 16.4 Å². The van der Waals surface area contributed by atoms with Crippen molar-refractivity contribution in [2.45, 2.75) is 32.2 Å². The van der Waals surface area contributed by atoms with E-state index in [-0.39, 0.29) is 22.0 Å². The monoisotopic (exact) mass is 417 g/mol. The number of sulfonamides is 1. The van der Waals surface area contributed by atoms with E-state index in [9.17, 15) is 12.8 Å². The molecule has 0 radical (unpaired) electrons. The lowest BCUT2D eigenvalue weighted by molar-refractivity contribution is 0.585. The summed E-state index contributed by atoms with van der Waals surface area (Å²) < 4.78 is 42.7. The maximum atomic E-state index is 14.4. The van der Waals surface area contributed by atoms with Crippen molar-refractivity contribution < 1.29 is 12.8 Å². The van der Waals surface area contributed by atoms with Gasteiger partial charge in [-0.1, -0.05) is 47.5 Å². The van der Waals surface area contributed by atoms with Crippen LogP contribution in [0.1, 0.15) is 22.3 Å². The molecule has 0 saturated carbocycles. The van der Waals surface area contributed by atoms with Crippen LogP contribution < -0.4 is 4.31 Å². The van der Waals surface area contributed by atoms with Crippen LogP contribution in [-0.4, -0.2) is 8.42 Å². The van der Waals surface area contributed by atoms with Crippen molar-refractivity contribution in [3.8, 4) is 0 Å². The lowest BCUT2D eigenvalue weighted by Gasteiger charge is -2.27. The molecule has 146 valence electrons. The van der Waals surface area contributed by atoms with Crippen LogP contribution in [0.5, 0.6) is 0 Å². The number of benzene rings is 3. The number of halogens is 2. The molecule has 0 unspecified atom stereocenters. The zero-order valence-corrected chi connectivity index (χ0v) is 17.5. The van der Waals surface area contributed by atoms with Gasteiger partial charge in [0.25, 0.3) is 10.0 Å². The van der Waals surface area contributed by atoms with E-state index in [4.69, 9.17) is 11.6 Å². The molecule has 0 fully saturated rings. The third-order valence-corrected chi connectivity index (χ3v) is 6.95. The molecule has 0 amide bonds. The summed E-state index contributed by atoms with van der Waals surface area (Å²) in [7, 11) is -3.93. The second-order valence-corrected chi connectivity index (χ2v) is 9.01. The molecule has 0 N–H and O–H groups in total. The lowest BCUT2D eigenvalue weighted by atomic mass is 10.1. The highest BCUT2D eigenvalue weighted by atomic mass is 35.5. The zero-order valence-electron chi connectivity index (χ0n) is 15.9. The van der Waals surface area contributed by atoms with Crippen molar-refractivity contribution in [2.24, 2.45) is 0 Å². The van der Waals surface area contributed by atoms with Crippen molar-refractivity contribution in [1.29, 1.82) is 0 Å². The van der Waals surface area contributed by atoms with Crippen LogP contribution in [-0.2, 0) is 16.6 Å². The number of hydrogen-bond acceptors (Lipinski definition) is 2. The van der Waals surface area contributed by atoms with E-state index < -0.39 is 15.8 Å². The summed E-state index contributed by atoms with van der Waals surface area (Å²) in [6.45, 7) is 5.45. The molecule has 3 aromatic rings. The molecular weight excluding hydrogens is 397 g/mol. The van der Waals surface area contributed by atoms with Crippen molar-refractivity contribution >= 4 is 27.3 Å². The molecule has 0 aromatic heterocycles. The standard InChI is InChI=1S/C22H21ClFNO2S/c1-15-10-12-18(13-11-15)28(26,27)25(22-9-4-6-16(2)17(22)3)14-19-20(23)7-5-8-21(19)24/h4-13H,14H2,1-3H3. The molecule has 3 nitrogen and oxygen atoms in total. The van der Waals surface area contributed by atoms with Crippen LogP contribution in [0, 0.1) is 26.6 Å². The predicted molar refractivity (Wildman–Crippen MR) is 112 cm³/mol. The molecule has 0 saturated heterocycles. The van der Waals surface area contributed by atoms with Crippen molar-refractivity contribution in [2.75, 3.05) is 4.31 Å². The van der Waals surface area contributed by atoms with Gasteiger partial charge in [0.15, 0.2) is 0 Å². The number of anilines is 1. The molecule has 0 aliphatic carbocycles. The molecule has 0 bridgehead atoms. The van der Waals surface area contributed by atoms with Gasteiger partial charge in [-0.3, -0.25) is 4.31 Å². The molecule has 0 aliphatic rings. The maximum Gasteiger partial charge on any atom is 0.264 e. The minimum atomic E-state index is -3.93. The average Bonchev–Trinajstić information content (AvgIpc) is 2.64. The molecule has 3 rings (SSSR count). The zero-order chi connectivity index (χ0) is 20.5. The van der Waals surface area contributed by atoms with Gasteiger partial charge in [-0.05, 0) is 62.2 Å². The first kappa shape index (κ1) is 20.4. The molecule has 6 heteroatoms. The number of hydrogen-bond donors (Lipinski definition) is 0. The van der Waals surface area contributed by atoms with Gasteiger partial charge >= 0.3 is 0 Å². The summed E-state index contributed by atoms with van der Waals surface area (Å²) in [5.74, 6) is -0.540. The summed E-state index contributed by atoms with van der Waals surface area (Å²) in [6, 6.07) is 16.4. The van der Waals surface area contributed by atoms with Crippen LogP contribution in [0.4, 0.5) is 10.1 Å². The summed E-state index contributed by atoms with van der Waals surface area (Å²) in [5.41, 5.74) is 3.35. The van der Waals surface area contributed by atoms with E-state index in [0.29, 0.717) is 5.69 Å². The molecule has 0 spiro atoms. The smallest absolute Gasteiger partial charge is 0.261 e. The Morgan fingerprint density at radius 3 is 2.21 bits per heavy atom. The highest BCUT2D eigenvalue weighted by Gasteiger charge is 2.28. The van der Waals surface area contributed by atoms with Crippen molar-refractivity contribution in [1.82, 2.24) is 0 Å². The van der Waals surface area contributed by atoms with Gasteiger partial charge in [0.1, 0.15) is 5.82 Å². The molecular formula is C22H21ClFNO2S. The third kappa shape index (κ3) is 3.91. The Kier molecular flexibility index (Phi) is 5.77. The first-order valence-electron chi connectivity index (χ1n) is 8.80. The Morgan fingerprint density at radius 1 is 0.929 bits per heavy atom. The number of nitrogens with zero attached hydrogens (tertiary/aromatic N) is 1. The van der Waals surface area contributed by atoms with Gasteiger partial charge in [-0.15, -0.1) is 0 Å². The van der Waals surface area contributed by atoms with Gasteiger partial charge in [0, 0.05) is 10.6 Å². The van der Waals surface area contributed by atoms with Gasteiger partial charge in [-0.2, -0.15) is 0 Å². The molecule has 0 heterocycles. The van der Waals surface area contributed by atoms with Gasteiger partial charge in [0.2, 0.25) is 0 Å². The van der Waals surface area contributed by atoms with E-state index in [0.717, 1.165) is 16.7 Å². The number of aryl methyl sites for hydroxylation is 2. The largest absolute Gasteiger partial charge is 0.264 e. The fourth-order valence-electron chi connectivity index (χ4n) is 2.97. The summed E-state index contributed by atoms with van der Waals surface area (Å²) in [6.07, 6.45) is 0. The first-order valence-corrected chi connectivity index (χ1v) is 10.6. The molecule has 0 aliphatic heterocycles. The predicted octanol–water partition coefficient (Wildman–Crippen LogP) is 5.80. The second-order valence-electron chi connectivity index (χ2n) is 6.74. The molecule has 3 aromatic carbocycles. The summed E-state index contributed by atoms with van der Waals surface area (Å²) in [4.78, 5) is 0.145. The van der Waals surface area contributed by atoms with Crippen molar-refractivity contribution in [3.63, 3.8) is 0 Å². The van der Waals surface area contributed by atoms with E-state index in [1.807, 2.05) is 26.8 Å². The highest BCUT2D eigenvalue weighted by molar-refractivity contribution is 7.92. The highest BCUT2D eigenvalue weighted by Crippen LogP contribution is 2.32. The second kappa shape index (κ2) is 7.94. The normalized spacial score (nSPS) is 11.5. The van der Waals surface area contributed by atoms with Gasteiger partial charge < -0.3 is 0 Å². The van der Waals surface area contributed by atoms with Gasteiger partial charge in [-0.25, -0.2) is 12.8 Å². The fraction of sp³-hybridized carbons (Fsp3) is 0.182. The molecule has 28 heavy (non-hydrogen) atoms. The third-order valence-electron chi connectivity index (χ3n) is 4.82. The minimum Gasteiger partial charge on any atom is -0.261 e. The number of rotatable bonds is 5. The average molecular weight is 418 g/mol. The Balaban J connectivity index is 2.20. The quantitative estimate of drug-likeness (QED) is 0.526. The Labute approximate surface area is 170 Å². The van der Waals surface area contributed by atoms with E-state index in [1.54, 1.807) is 42.5 Å². The van der Waals surface area contributed by atoms with Crippen LogP contribution >= 0.6 is 11.6 Å². The van der Waals surface area contributed by atoms with Gasteiger partial charge in [0.05, 0.1) is 17.1 Å². The van der Waals surface area contributed by atoms with Crippen molar-refractivity contribution in [3.05, 3.63) is 93.8 Å². The summed E-state index contributed by atoms with van der Waals surface area (Å²) >= 11 is 6.19. The Bertz CT molecular complexity index is 1090. The Hall–Kier alpha value is -2.37. The minimum absolute atomic E-state index is 0.140.